The number of hydrogen-bond acceptors (Lipinski definition) is 5. The van der Waals surface area contributed by atoms with Crippen LogP contribution in [0.2, 0.25) is 0 Å². The van der Waals surface area contributed by atoms with Crippen LogP contribution in [0, 0.1) is 0 Å². The van der Waals surface area contributed by atoms with Gasteiger partial charge in [0, 0.05) is 31.2 Å². The summed E-state index contributed by atoms with van der Waals surface area (Å²) in [4.78, 5) is 42.8. The number of nitrogens with one attached hydrogen (secondary N) is 1. The fourth-order valence-electron chi connectivity index (χ4n) is 3.18. The molecule has 7 nitrogen and oxygen atoms in total. The number of ether oxygens (including phenoxy) is 1. The molecule has 0 saturated carbocycles. The molecule has 1 aromatic heterocycles. The average molecular weight is 381 g/mol. The van der Waals surface area contributed by atoms with E-state index in [2.05, 4.69) is 15.0 Å². The molecule has 0 radical (unpaired) electrons. The van der Waals surface area contributed by atoms with Crippen molar-refractivity contribution in [2.75, 3.05) is 25.5 Å². The van der Waals surface area contributed by atoms with Gasteiger partial charge in [-0.2, -0.15) is 0 Å². The molecule has 1 aliphatic heterocycles. The molecule has 146 valence electrons. The lowest BCUT2D eigenvalue weighted by Crippen LogP contribution is -2.32. The molecule has 28 heavy (non-hydrogen) atoms. The van der Waals surface area contributed by atoms with Crippen molar-refractivity contribution in [3.63, 3.8) is 0 Å². The molecule has 1 aromatic carbocycles. The van der Waals surface area contributed by atoms with E-state index in [1.165, 1.54) is 25.6 Å². The lowest BCUT2D eigenvalue weighted by Gasteiger charge is -2.20. The quantitative estimate of drug-likeness (QED) is 0.822. The third-order valence-corrected chi connectivity index (χ3v) is 4.68. The normalized spacial score (nSPS) is 14.1. The predicted molar refractivity (Wildman–Crippen MR) is 104 cm³/mol. The van der Waals surface area contributed by atoms with Crippen LogP contribution in [0.25, 0.3) is 0 Å². The minimum atomic E-state index is -0.484. The van der Waals surface area contributed by atoms with Crippen molar-refractivity contribution in [1.29, 1.82) is 0 Å². The Morgan fingerprint density at radius 3 is 2.39 bits per heavy atom. The van der Waals surface area contributed by atoms with Gasteiger partial charge in [0.15, 0.2) is 0 Å². The summed E-state index contributed by atoms with van der Waals surface area (Å²) in [7, 11) is 1.30. The summed E-state index contributed by atoms with van der Waals surface area (Å²) >= 11 is 0. The van der Waals surface area contributed by atoms with Crippen LogP contribution >= 0.6 is 0 Å². The zero-order chi connectivity index (χ0) is 19.9. The molecule has 2 aromatic rings. The molecule has 0 atom stereocenters. The number of rotatable bonds is 4. The Labute approximate surface area is 163 Å². The SMILES string of the molecule is COC(=O)c1cccc(NC(=O)c2cncc(C(=O)N3CCCCCC3)c2)c1. The van der Waals surface area contributed by atoms with Crippen LogP contribution in [-0.2, 0) is 4.74 Å². The summed E-state index contributed by atoms with van der Waals surface area (Å²) in [6.07, 6.45) is 7.16. The monoisotopic (exact) mass is 381 g/mol. The second-order valence-corrected chi connectivity index (χ2v) is 6.70. The topological polar surface area (TPSA) is 88.6 Å². The van der Waals surface area contributed by atoms with Crippen molar-refractivity contribution in [2.24, 2.45) is 0 Å². The van der Waals surface area contributed by atoms with Gasteiger partial charge in [0.1, 0.15) is 0 Å². The van der Waals surface area contributed by atoms with E-state index in [0.717, 1.165) is 38.8 Å². The number of anilines is 1. The number of hydrogen-bond donors (Lipinski definition) is 1. The van der Waals surface area contributed by atoms with Gasteiger partial charge in [-0.3, -0.25) is 14.6 Å². The summed E-state index contributed by atoms with van der Waals surface area (Å²) in [5.41, 5.74) is 1.47. The molecular weight excluding hydrogens is 358 g/mol. The first kappa shape index (κ1) is 19.5. The highest BCUT2D eigenvalue weighted by Crippen LogP contribution is 2.16. The summed E-state index contributed by atoms with van der Waals surface area (Å²) in [6.45, 7) is 1.46. The van der Waals surface area contributed by atoms with Crippen molar-refractivity contribution < 1.29 is 19.1 Å². The summed E-state index contributed by atoms with van der Waals surface area (Å²) < 4.78 is 4.69. The van der Waals surface area contributed by atoms with Gasteiger partial charge in [-0.25, -0.2) is 4.79 Å². The number of likely N-dealkylation sites (tertiary alicyclic amines) is 1. The number of aromatic nitrogens is 1. The van der Waals surface area contributed by atoms with Crippen LogP contribution in [0.4, 0.5) is 5.69 Å². The number of carbonyl (C=O) groups excluding carboxylic acids is 3. The Morgan fingerprint density at radius 1 is 0.964 bits per heavy atom. The van der Waals surface area contributed by atoms with Gasteiger partial charge in [0.25, 0.3) is 11.8 Å². The zero-order valence-electron chi connectivity index (χ0n) is 15.8. The summed E-state index contributed by atoms with van der Waals surface area (Å²) in [5, 5.41) is 2.72. The third kappa shape index (κ3) is 4.73. The van der Waals surface area contributed by atoms with Gasteiger partial charge < -0.3 is 15.0 Å². The van der Waals surface area contributed by atoms with E-state index in [4.69, 9.17) is 0 Å². The first-order valence-corrected chi connectivity index (χ1v) is 9.32. The maximum Gasteiger partial charge on any atom is 0.337 e. The Bertz CT molecular complexity index is 873. The lowest BCUT2D eigenvalue weighted by atomic mass is 10.1. The molecule has 0 spiro atoms. The van der Waals surface area contributed by atoms with Gasteiger partial charge in [0.2, 0.25) is 0 Å². The number of pyridine rings is 1. The number of amides is 2. The maximum atomic E-state index is 12.7. The van der Waals surface area contributed by atoms with Crippen molar-refractivity contribution in [2.45, 2.75) is 25.7 Å². The van der Waals surface area contributed by atoms with Gasteiger partial charge in [-0.1, -0.05) is 18.9 Å². The molecule has 1 aliphatic rings. The molecule has 0 unspecified atom stereocenters. The molecule has 0 aliphatic carbocycles. The Balaban J connectivity index is 1.73. The van der Waals surface area contributed by atoms with Crippen molar-refractivity contribution in [1.82, 2.24) is 9.88 Å². The fourth-order valence-corrected chi connectivity index (χ4v) is 3.18. The lowest BCUT2D eigenvalue weighted by molar-refractivity contribution is 0.0600. The number of methoxy groups -OCH3 is 1. The van der Waals surface area contributed by atoms with Crippen molar-refractivity contribution in [3.05, 3.63) is 59.4 Å². The fraction of sp³-hybridized carbons (Fsp3) is 0.333. The van der Waals surface area contributed by atoms with E-state index in [1.807, 2.05) is 4.90 Å². The van der Waals surface area contributed by atoms with Crippen molar-refractivity contribution >= 4 is 23.5 Å². The van der Waals surface area contributed by atoms with Crippen LogP contribution in [0.15, 0.2) is 42.7 Å². The highest BCUT2D eigenvalue weighted by atomic mass is 16.5. The largest absolute Gasteiger partial charge is 0.465 e. The Morgan fingerprint density at radius 2 is 1.68 bits per heavy atom. The minimum Gasteiger partial charge on any atom is -0.465 e. The number of nitrogens with zero attached hydrogens (tertiary/aromatic N) is 2. The van der Waals surface area contributed by atoms with E-state index >= 15 is 0 Å². The van der Waals surface area contributed by atoms with Crippen LogP contribution in [0.1, 0.15) is 56.8 Å². The van der Waals surface area contributed by atoms with Gasteiger partial charge in [0.05, 0.1) is 23.8 Å². The molecule has 7 heteroatoms. The molecule has 2 amide bonds. The summed E-state index contributed by atoms with van der Waals surface area (Å²) in [5.74, 6) is -0.986. The first-order chi connectivity index (χ1) is 13.6. The van der Waals surface area contributed by atoms with Crippen molar-refractivity contribution in [3.8, 4) is 0 Å². The molecule has 2 heterocycles. The molecule has 0 bridgehead atoms. The second-order valence-electron chi connectivity index (χ2n) is 6.70. The van der Waals surface area contributed by atoms with Gasteiger partial charge >= 0.3 is 5.97 Å². The number of esters is 1. The summed E-state index contributed by atoms with van der Waals surface area (Å²) in [6, 6.07) is 8.01. The Hall–Kier alpha value is -3.22. The number of benzene rings is 1. The number of carbonyl (C=O) groups is 3. The Kier molecular flexibility index (Phi) is 6.37. The smallest absolute Gasteiger partial charge is 0.337 e. The second kappa shape index (κ2) is 9.12. The van der Waals surface area contributed by atoms with Gasteiger partial charge in [-0.05, 0) is 37.1 Å². The van der Waals surface area contributed by atoms with Gasteiger partial charge in [-0.15, -0.1) is 0 Å². The van der Waals surface area contributed by atoms with E-state index in [-0.39, 0.29) is 11.5 Å². The first-order valence-electron chi connectivity index (χ1n) is 9.32. The zero-order valence-corrected chi connectivity index (χ0v) is 15.8. The molecule has 1 N–H and O–H groups in total. The van der Waals surface area contributed by atoms with E-state index in [0.29, 0.717) is 16.8 Å². The van der Waals surface area contributed by atoms with E-state index in [1.54, 1.807) is 24.3 Å². The minimum absolute atomic E-state index is 0.100. The van der Waals surface area contributed by atoms with Crippen LogP contribution in [-0.4, -0.2) is 47.9 Å². The van der Waals surface area contributed by atoms with Crippen LogP contribution in [0.5, 0.6) is 0 Å². The van der Waals surface area contributed by atoms with Crippen LogP contribution in [0.3, 0.4) is 0 Å². The molecular formula is C21H23N3O4. The molecule has 1 saturated heterocycles. The van der Waals surface area contributed by atoms with Crippen LogP contribution < -0.4 is 5.32 Å². The molecule has 3 rings (SSSR count). The standard InChI is InChI=1S/C21H23N3O4/c1-28-21(27)15-7-6-8-18(12-15)23-19(25)16-11-17(14-22-13-16)20(26)24-9-4-2-3-5-10-24/h6-8,11-14H,2-5,9-10H2,1H3,(H,23,25). The van der Waals surface area contributed by atoms with E-state index in [9.17, 15) is 14.4 Å². The highest BCUT2D eigenvalue weighted by molar-refractivity contribution is 6.06. The van der Waals surface area contributed by atoms with E-state index < -0.39 is 11.9 Å². The average Bonchev–Trinajstić information content (AvgIpc) is 3.02. The highest BCUT2D eigenvalue weighted by Gasteiger charge is 2.19. The third-order valence-electron chi connectivity index (χ3n) is 4.68. The maximum absolute atomic E-state index is 12.7. The predicted octanol–water partition coefficient (Wildman–Crippen LogP) is 3.14. The molecule has 1 fully saturated rings.